The lowest BCUT2D eigenvalue weighted by Crippen LogP contribution is -2.30. The molecular weight excluding hydrogens is 256 g/mol. The van der Waals surface area contributed by atoms with Crippen LogP contribution in [0.25, 0.3) is 0 Å². The summed E-state index contributed by atoms with van der Waals surface area (Å²) in [5.74, 6) is 0.557. The molecule has 0 aromatic carbocycles. The van der Waals surface area contributed by atoms with Gasteiger partial charge in [-0.15, -0.1) is 0 Å². The van der Waals surface area contributed by atoms with Gasteiger partial charge in [0.05, 0.1) is 0 Å². The maximum absolute atomic E-state index is 12.4. The average molecular weight is 295 g/mol. The first-order valence-corrected chi connectivity index (χ1v) is 9.72. The standard InChI is InChI=1S/C20H38O/c1-3-4-5-6-7-8-9-10-11-13-16-19(21)20(2)17-14-12-15-18-20/h3-18H2,1-2H3. The van der Waals surface area contributed by atoms with Crippen molar-refractivity contribution in [3.63, 3.8) is 0 Å². The summed E-state index contributed by atoms with van der Waals surface area (Å²) in [6.07, 6.45) is 20.5. The van der Waals surface area contributed by atoms with Crippen molar-refractivity contribution in [2.75, 3.05) is 0 Å². The highest BCUT2D eigenvalue weighted by Crippen LogP contribution is 2.37. The molecule has 21 heavy (non-hydrogen) atoms. The smallest absolute Gasteiger partial charge is 0.138 e. The number of ketones is 1. The Kier molecular flexibility index (Phi) is 10.0. The first-order valence-electron chi connectivity index (χ1n) is 9.72. The highest BCUT2D eigenvalue weighted by Gasteiger charge is 2.33. The van der Waals surface area contributed by atoms with E-state index in [0.29, 0.717) is 5.78 Å². The van der Waals surface area contributed by atoms with Gasteiger partial charge in [-0.1, -0.05) is 90.9 Å². The summed E-state index contributed by atoms with van der Waals surface area (Å²) in [5.41, 5.74) is 0.0392. The highest BCUT2D eigenvalue weighted by molar-refractivity contribution is 5.84. The summed E-state index contributed by atoms with van der Waals surface area (Å²) < 4.78 is 0. The summed E-state index contributed by atoms with van der Waals surface area (Å²) in [7, 11) is 0. The van der Waals surface area contributed by atoms with Gasteiger partial charge in [-0.2, -0.15) is 0 Å². The van der Waals surface area contributed by atoms with E-state index in [-0.39, 0.29) is 5.41 Å². The summed E-state index contributed by atoms with van der Waals surface area (Å²) in [6, 6.07) is 0. The van der Waals surface area contributed by atoms with Crippen molar-refractivity contribution in [2.24, 2.45) is 5.41 Å². The first-order chi connectivity index (χ1) is 10.2. The SMILES string of the molecule is CCCCCCCCCCCCC(=O)C1(C)CCCCC1. The van der Waals surface area contributed by atoms with Crippen LogP contribution in [0.15, 0.2) is 0 Å². The van der Waals surface area contributed by atoms with E-state index >= 15 is 0 Å². The van der Waals surface area contributed by atoms with Crippen LogP contribution in [-0.2, 0) is 4.79 Å². The van der Waals surface area contributed by atoms with Crippen molar-refractivity contribution < 1.29 is 4.79 Å². The Hall–Kier alpha value is -0.330. The zero-order valence-electron chi connectivity index (χ0n) is 14.7. The second-order valence-corrected chi connectivity index (χ2v) is 7.48. The molecular formula is C20H38O. The normalized spacial score (nSPS) is 17.8. The molecule has 1 nitrogen and oxygen atoms in total. The molecule has 0 unspecified atom stereocenters. The molecule has 0 spiro atoms. The molecule has 0 radical (unpaired) electrons. The number of carbonyl (C=O) groups is 1. The van der Waals surface area contributed by atoms with Crippen LogP contribution in [0, 0.1) is 5.41 Å². The number of Topliss-reactive ketones (excluding diaryl/α,β-unsaturated/α-hetero) is 1. The van der Waals surface area contributed by atoms with E-state index in [2.05, 4.69) is 13.8 Å². The third kappa shape index (κ3) is 8.02. The molecule has 0 aromatic rings. The van der Waals surface area contributed by atoms with Crippen molar-refractivity contribution in [2.45, 2.75) is 117 Å². The van der Waals surface area contributed by atoms with Gasteiger partial charge in [-0.3, -0.25) is 4.79 Å². The number of hydrogen-bond donors (Lipinski definition) is 0. The van der Waals surface area contributed by atoms with Crippen LogP contribution in [0.5, 0.6) is 0 Å². The number of rotatable bonds is 12. The van der Waals surface area contributed by atoms with Crippen molar-refractivity contribution in [1.82, 2.24) is 0 Å². The molecule has 1 heteroatoms. The van der Waals surface area contributed by atoms with Gasteiger partial charge in [0, 0.05) is 11.8 Å². The average Bonchev–Trinajstić information content (AvgIpc) is 2.49. The van der Waals surface area contributed by atoms with E-state index < -0.39 is 0 Å². The summed E-state index contributed by atoms with van der Waals surface area (Å²) in [4.78, 5) is 12.4. The maximum Gasteiger partial charge on any atom is 0.138 e. The Labute approximate surface area is 133 Å². The van der Waals surface area contributed by atoms with E-state index in [1.54, 1.807) is 0 Å². The molecule has 0 N–H and O–H groups in total. The van der Waals surface area contributed by atoms with Crippen molar-refractivity contribution in [1.29, 1.82) is 0 Å². The van der Waals surface area contributed by atoms with Crippen LogP contribution in [0.2, 0.25) is 0 Å². The van der Waals surface area contributed by atoms with Crippen LogP contribution >= 0.6 is 0 Å². The summed E-state index contributed by atoms with van der Waals surface area (Å²) >= 11 is 0. The van der Waals surface area contributed by atoms with Gasteiger partial charge < -0.3 is 0 Å². The van der Waals surface area contributed by atoms with Crippen molar-refractivity contribution in [3.8, 4) is 0 Å². The molecule has 0 aromatic heterocycles. The zero-order chi connectivity index (χ0) is 15.4. The Morgan fingerprint density at radius 3 is 1.76 bits per heavy atom. The fourth-order valence-corrected chi connectivity index (χ4v) is 3.69. The fraction of sp³-hybridized carbons (Fsp3) is 0.950. The van der Waals surface area contributed by atoms with E-state index in [1.807, 2.05) is 0 Å². The topological polar surface area (TPSA) is 17.1 Å². The minimum atomic E-state index is 0.0392. The Morgan fingerprint density at radius 1 is 0.762 bits per heavy atom. The molecule has 0 heterocycles. The Morgan fingerprint density at radius 2 is 1.24 bits per heavy atom. The van der Waals surface area contributed by atoms with E-state index in [0.717, 1.165) is 25.7 Å². The summed E-state index contributed by atoms with van der Waals surface area (Å²) in [5, 5.41) is 0. The predicted octanol–water partition coefficient (Wildman–Crippen LogP) is 6.84. The largest absolute Gasteiger partial charge is 0.299 e. The van der Waals surface area contributed by atoms with Gasteiger partial charge in [0.1, 0.15) is 5.78 Å². The molecule has 124 valence electrons. The molecule has 1 fully saturated rings. The maximum atomic E-state index is 12.4. The van der Waals surface area contributed by atoms with Gasteiger partial charge in [0.15, 0.2) is 0 Å². The minimum Gasteiger partial charge on any atom is -0.299 e. The van der Waals surface area contributed by atoms with E-state index in [4.69, 9.17) is 0 Å². The van der Waals surface area contributed by atoms with Crippen molar-refractivity contribution >= 4 is 5.78 Å². The van der Waals surface area contributed by atoms with Crippen molar-refractivity contribution in [3.05, 3.63) is 0 Å². The lowest BCUT2D eigenvalue weighted by atomic mass is 9.71. The second-order valence-electron chi connectivity index (χ2n) is 7.48. The van der Waals surface area contributed by atoms with Gasteiger partial charge in [0.25, 0.3) is 0 Å². The van der Waals surface area contributed by atoms with Crippen LogP contribution in [0.4, 0.5) is 0 Å². The van der Waals surface area contributed by atoms with Gasteiger partial charge in [0.2, 0.25) is 0 Å². The quantitative estimate of drug-likeness (QED) is 0.360. The summed E-state index contributed by atoms with van der Waals surface area (Å²) in [6.45, 7) is 4.49. The van der Waals surface area contributed by atoms with Gasteiger partial charge in [-0.05, 0) is 19.3 Å². The lowest BCUT2D eigenvalue weighted by Gasteiger charge is -2.32. The molecule has 0 amide bonds. The molecule has 0 atom stereocenters. The monoisotopic (exact) mass is 294 g/mol. The van der Waals surface area contributed by atoms with E-state index in [1.165, 1.54) is 77.0 Å². The van der Waals surface area contributed by atoms with Crippen LogP contribution in [-0.4, -0.2) is 5.78 Å². The fourth-order valence-electron chi connectivity index (χ4n) is 3.69. The molecule has 1 aliphatic carbocycles. The lowest BCUT2D eigenvalue weighted by molar-refractivity contribution is -0.129. The third-order valence-electron chi connectivity index (χ3n) is 5.39. The minimum absolute atomic E-state index is 0.0392. The van der Waals surface area contributed by atoms with E-state index in [9.17, 15) is 4.79 Å². The predicted molar refractivity (Wildman–Crippen MR) is 92.7 cm³/mol. The first kappa shape index (κ1) is 18.7. The molecule has 1 rings (SSSR count). The van der Waals surface area contributed by atoms with Gasteiger partial charge >= 0.3 is 0 Å². The van der Waals surface area contributed by atoms with Gasteiger partial charge in [-0.25, -0.2) is 0 Å². The molecule has 1 aliphatic rings. The molecule has 0 bridgehead atoms. The second kappa shape index (κ2) is 11.3. The van der Waals surface area contributed by atoms with Crippen LogP contribution < -0.4 is 0 Å². The Bertz CT molecular complexity index is 263. The highest BCUT2D eigenvalue weighted by atomic mass is 16.1. The number of unbranched alkanes of at least 4 members (excludes halogenated alkanes) is 9. The molecule has 1 saturated carbocycles. The number of hydrogen-bond acceptors (Lipinski definition) is 1. The Balaban J connectivity index is 1.93. The zero-order valence-corrected chi connectivity index (χ0v) is 14.7. The van der Waals surface area contributed by atoms with Crippen LogP contribution in [0.3, 0.4) is 0 Å². The molecule has 0 saturated heterocycles. The number of carbonyl (C=O) groups excluding carboxylic acids is 1. The third-order valence-corrected chi connectivity index (χ3v) is 5.39. The molecule has 0 aliphatic heterocycles. The van der Waals surface area contributed by atoms with Crippen LogP contribution in [0.1, 0.15) is 117 Å².